The lowest BCUT2D eigenvalue weighted by molar-refractivity contribution is 1.18. The fraction of sp³-hybridized carbons (Fsp3) is 0. The van der Waals surface area contributed by atoms with Crippen molar-refractivity contribution in [1.82, 2.24) is 4.57 Å². The van der Waals surface area contributed by atoms with E-state index < -0.39 is 0 Å². The average Bonchev–Trinajstić information content (AvgIpc) is 3.68. The summed E-state index contributed by atoms with van der Waals surface area (Å²) in [6.45, 7) is 0. The maximum atomic E-state index is 2.50. The van der Waals surface area contributed by atoms with Gasteiger partial charge in [-0.25, -0.2) is 0 Å². The third kappa shape index (κ3) is 5.73. The van der Waals surface area contributed by atoms with Crippen LogP contribution in [-0.2, 0) is 0 Å². The molecule has 290 valence electrons. The zero-order chi connectivity index (χ0) is 41.0. The van der Waals surface area contributed by atoms with Crippen molar-refractivity contribution in [2.75, 3.05) is 4.90 Å². The summed E-state index contributed by atoms with van der Waals surface area (Å²) >= 11 is 0. The van der Waals surface area contributed by atoms with E-state index in [9.17, 15) is 0 Å². The van der Waals surface area contributed by atoms with E-state index in [1.54, 1.807) is 0 Å². The molecular formula is C60H40N2. The Morgan fingerprint density at radius 2 is 0.677 bits per heavy atom. The molecule has 0 aliphatic rings. The van der Waals surface area contributed by atoms with Crippen LogP contribution in [0.1, 0.15) is 0 Å². The minimum Gasteiger partial charge on any atom is -0.309 e. The summed E-state index contributed by atoms with van der Waals surface area (Å²) in [4.78, 5) is 2.50. The van der Waals surface area contributed by atoms with Gasteiger partial charge in [0.05, 0.1) is 33.8 Å². The van der Waals surface area contributed by atoms with Crippen molar-refractivity contribution < 1.29 is 0 Å². The molecule has 12 aromatic rings. The molecule has 12 rings (SSSR count). The Morgan fingerprint density at radius 1 is 0.242 bits per heavy atom. The molecule has 0 bridgehead atoms. The van der Waals surface area contributed by atoms with Gasteiger partial charge < -0.3 is 9.47 Å². The molecule has 0 aliphatic carbocycles. The number of aromatic nitrogens is 1. The summed E-state index contributed by atoms with van der Waals surface area (Å²) in [7, 11) is 0. The van der Waals surface area contributed by atoms with Crippen molar-refractivity contribution in [3.8, 4) is 39.1 Å². The van der Waals surface area contributed by atoms with Gasteiger partial charge in [0.1, 0.15) is 0 Å². The van der Waals surface area contributed by atoms with Crippen LogP contribution in [0, 0.1) is 0 Å². The number of nitrogens with zero attached hydrogens (tertiary/aromatic N) is 2. The summed E-state index contributed by atoms with van der Waals surface area (Å²) in [5.74, 6) is 0. The molecule has 2 heteroatoms. The quantitative estimate of drug-likeness (QED) is 0.156. The molecule has 0 saturated carbocycles. The largest absolute Gasteiger partial charge is 0.309 e. The number of benzene rings is 11. The van der Waals surface area contributed by atoms with E-state index in [1.165, 1.54) is 87.5 Å². The van der Waals surface area contributed by atoms with Gasteiger partial charge >= 0.3 is 0 Å². The van der Waals surface area contributed by atoms with Gasteiger partial charge in [-0.05, 0) is 80.2 Å². The van der Waals surface area contributed by atoms with E-state index in [4.69, 9.17) is 0 Å². The molecule has 0 atom stereocenters. The van der Waals surface area contributed by atoms with E-state index >= 15 is 0 Å². The molecule has 0 unspecified atom stereocenters. The molecule has 62 heavy (non-hydrogen) atoms. The SMILES string of the molecule is c1ccc(-c2ccccc2N(c2ccc(-c3ccccc3-n3c4ccccc4c4ccccc43)c3ccccc23)c2ccc(-c3cccc4ccccc34)c3ccccc23)cc1. The van der Waals surface area contributed by atoms with Crippen LogP contribution in [0.4, 0.5) is 17.1 Å². The highest BCUT2D eigenvalue weighted by Gasteiger charge is 2.24. The van der Waals surface area contributed by atoms with Gasteiger partial charge in [0.25, 0.3) is 0 Å². The van der Waals surface area contributed by atoms with Gasteiger partial charge in [-0.15, -0.1) is 0 Å². The Morgan fingerprint density at radius 3 is 1.34 bits per heavy atom. The van der Waals surface area contributed by atoms with Crippen LogP contribution in [0.2, 0.25) is 0 Å². The maximum absolute atomic E-state index is 2.50. The minimum atomic E-state index is 1.12. The molecule has 0 amide bonds. The molecular weight excluding hydrogens is 749 g/mol. The predicted molar refractivity (Wildman–Crippen MR) is 264 cm³/mol. The summed E-state index contributed by atoms with van der Waals surface area (Å²) in [5.41, 5.74) is 14.1. The van der Waals surface area contributed by atoms with Crippen molar-refractivity contribution in [2.24, 2.45) is 0 Å². The minimum absolute atomic E-state index is 1.12. The Labute approximate surface area is 360 Å². The summed E-state index contributed by atoms with van der Waals surface area (Å²) in [5, 5.41) is 9.76. The number of fused-ring (bicyclic) bond motifs is 6. The van der Waals surface area contributed by atoms with Crippen LogP contribution in [0.5, 0.6) is 0 Å². The second-order valence-electron chi connectivity index (χ2n) is 16.0. The highest BCUT2D eigenvalue weighted by Crippen LogP contribution is 2.49. The molecule has 0 spiro atoms. The van der Waals surface area contributed by atoms with E-state index in [0.29, 0.717) is 0 Å². The molecule has 1 aromatic heterocycles. The number of hydrogen-bond acceptors (Lipinski definition) is 1. The van der Waals surface area contributed by atoms with Crippen LogP contribution >= 0.6 is 0 Å². The molecule has 2 nitrogen and oxygen atoms in total. The molecule has 0 radical (unpaired) electrons. The van der Waals surface area contributed by atoms with Gasteiger partial charge in [-0.2, -0.15) is 0 Å². The fourth-order valence-corrected chi connectivity index (χ4v) is 9.88. The fourth-order valence-electron chi connectivity index (χ4n) is 9.88. The van der Waals surface area contributed by atoms with Gasteiger partial charge in [0.2, 0.25) is 0 Å². The third-order valence-corrected chi connectivity index (χ3v) is 12.6. The lowest BCUT2D eigenvalue weighted by atomic mass is 9.92. The predicted octanol–water partition coefficient (Wildman–Crippen LogP) is 16.7. The van der Waals surface area contributed by atoms with Crippen molar-refractivity contribution in [1.29, 1.82) is 0 Å². The Hall–Kier alpha value is -8.20. The first-order chi connectivity index (χ1) is 30.8. The summed E-state index contributed by atoms with van der Waals surface area (Å²) in [6.07, 6.45) is 0. The Balaban J connectivity index is 1.12. The van der Waals surface area contributed by atoms with Crippen molar-refractivity contribution in [2.45, 2.75) is 0 Å². The Kier molecular flexibility index (Phi) is 8.53. The number of hydrogen-bond donors (Lipinski definition) is 0. The average molecular weight is 789 g/mol. The molecule has 0 aliphatic heterocycles. The van der Waals surface area contributed by atoms with Crippen LogP contribution in [0.15, 0.2) is 243 Å². The maximum Gasteiger partial charge on any atom is 0.0541 e. The van der Waals surface area contributed by atoms with Crippen LogP contribution in [-0.4, -0.2) is 4.57 Å². The first-order valence-electron chi connectivity index (χ1n) is 21.4. The Bertz CT molecular complexity index is 3590. The monoisotopic (exact) mass is 788 g/mol. The lowest BCUT2D eigenvalue weighted by Gasteiger charge is -2.31. The third-order valence-electron chi connectivity index (χ3n) is 12.6. The van der Waals surface area contributed by atoms with Gasteiger partial charge in [0, 0.05) is 32.7 Å². The normalized spacial score (nSPS) is 11.5. The second-order valence-corrected chi connectivity index (χ2v) is 16.0. The smallest absolute Gasteiger partial charge is 0.0541 e. The summed E-state index contributed by atoms with van der Waals surface area (Å²) in [6, 6.07) is 88.6. The van der Waals surface area contributed by atoms with Crippen molar-refractivity contribution >= 4 is 71.2 Å². The van der Waals surface area contributed by atoms with Crippen LogP contribution < -0.4 is 4.90 Å². The van der Waals surface area contributed by atoms with Crippen molar-refractivity contribution in [3.63, 3.8) is 0 Å². The van der Waals surface area contributed by atoms with Gasteiger partial charge in [-0.3, -0.25) is 0 Å². The molecule has 1 heterocycles. The van der Waals surface area contributed by atoms with Gasteiger partial charge in [0.15, 0.2) is 0 Å². The van der Waals surface area contributed by atoms with Crippen LogP contribution in [0.25, 0.3) is 93.2 Å². The standard InChI is InChI=1S/C60H40N2/c1-2-19-42(20-3-1)44-24-10-14-33-55(44)61(59-39-37-48(46-25-6-8-27-50(46)59)45-32-18-22-41-21-4-5-23-43(41)45)60-40-38-49(47-26-7-9-28-51(47)60)52-29-11-15-34-56(52)62-57-35-16-12-30-53(57)54-31-13-17-36-58(54)62/h1-40H. The zero-order valence-corrected chi connectivity index (χ0v) is 34.0. The van der Waals surface area contributed by atoms with E-state index in [1.807, 2.05) is 0 Å². The van der Waals surface area contributed by atoms with E-state index in [-0.39, 0.29) is 0 Å². The lowest BCUT2D eigenvalue weighted by Crippen LogP contribution is -2.12. The van der Waals surface area contributed by atoms with Crippen LogP contribution in [0.3, 0.4) is 0 Å². The van der Waals surface area contributed by atoms with Gasteiger partial charge in [-0.1, -0.05) is 206 Å². The molecule has 11 aromatic carbocycles. The summed E-state index contributed by atoms with van der Waals surface area (Å²) < 4.78 is 2.44. The first kappa shape index (κ1) is 35.7. The topological polar surface area (TPSA) is 8.17 Å². The molecule has 0 N–H and O–H groups in total. The van der Waals surface area contributed by atoms with E-state index in [0.717, 1.165) is 22.7 Å². The van der Waals surface area contributed by atoms with Crippen molar-refractivity contribution in [3.05, 3.63) is 243 Å². The van der Waals surface area contributed by atoms with E-state index in [2.05, 4.69) is 252 Å². The molecule has 0 fully saturated rings. The highest BCUT2D eigenvalue weighted by atomic mass is 15.1. The molecule has 0 saturated heterocycles. The zero-order valence-electron chi connectivity index (χ0n) is 34.0. The first-order valence-corrected chi connectivity index (χ1v) is 21.4. The number of para-hydroxylation sites is 4. The second kappa shape index (κ2) is 14.8. The number of anilines is 3. The number of rotatable bonds is 7. The highest BCUT2D eigenvalue weighted by molar-refractivity contribution is 6.15.